The van der Waals surface area contributed by atoms with Crippen molar-refractivity contribution in [2.45, 2.75) is 25.7 Å². The van der Waals surface area contributed by atoms with Gasteiger partial charge in [-0.3, -0.25) is 0 Å². The zero-order chi connectivity index (χ0) is 14.6. The van der Waals surface area contributed by atoms with Crippen LogP contribution in [0.4, 0.5) is 0 Å². The van der Waals surface area contributed by atoms with Gasteiger partial charge in [-0.25, -0.2) is 13.5 Å². The standard InChI is InChI=1S/C13H20NO4S/c1-5-14(6-7-15)19(16,17)13-10(2)8-12(18-4)9-11(13)3/h8-9H,5-7H2,1-4H3. The van der Waals surface area contributed by atoms with Crippen molar-refractivity contribution >= 4 is 10.0 Å². The molecular formula is C13H20NO4S. The molecule has 5 nitrogen and oxygen atoms in total. The maximum absolute atomic E-state index is 12.5. The van der Waals surface area contributed by atoms with Gasteiger partial charge in [-0.1, -0.05) is 6.92 Å². The highest BCUT2D eigenvalue weighted by Gasteiger charge is 2.26. The van der Waals surface area contributed by atoms with Crippen molar-refractivity contribution in [1.29, 1.82) is 0 Å². The lowest BCUT2D eigenvalue weighted by atomic mass is 10.1. The minimum Gasteiger partial charge on any atom is -0.497 e. The highest BCUT2D eigenvalue weighted by atomic mass is 32.2. The molecule has 0 aliphatic rings. The van der Waals surface area contributed by atoms with E-state index in [1.165, 1.54) is 11.4 Å². The van der Waals surface area contributed by atoms with Crippen LogP contribution in [0.1, 0.15) is 18.1 Å². The number of aryl methyl sites for hydroxylation is 2. The fraction of sp³-hybridized carbons (Fsp3) is 0.538. The second kappa shape index (κ2) is 6.36. The first kappa shape index (κ1) is 15.9. The van der Waals surface area contributed by atoms with Crippen LogP contribution >= 0.6 is 0 Å². The first-order chi connectivity index (χ1) is 8.88. The molecule has 0 heterocycles. The molecule has 0 fully saturated rings. The Hall–Kier alpha value is -1.11. The number of likely N-dealkylation sites (N-methyl/N-ethyl adjacent to an activating group) is 1. The Labute approximate surface area is 114 Å². The van der Waals surface area contributed by atoms with E-state index in [1.54, 1.807) is 32.9 Å². The number of nitrogens with zero attached hydrogens (tertiary/aromatic N) is 1. The van der Waals surface area contributed by atoms with E-state index in [0.29, 0.717) is 16.9 Å². The first-order valence-corrected chi connectivity index (χ1v) is 7.56. The predicted octanol–water partition coefficient (Wildman–Crippen LogP) is 1.75. The van der Waals surface area contributed by atoms with E-state index >= 15 is 0 Å². The monoisotopic (exact) mass is 286 g/mol. The van der Waals surface area contributed by atoms with Crippen LogP contribution in [0.5, 0.6) is 5.75 Å². The fourth-order valence-corrected chi connectivity index (χ4v) is 3.96. The fourth-order valence-electron chi connectivity index (χ4n) is 2.11. The van der Waals surface area contributed by atoms with Crippen molar-refractivity contribution in [1.82, 2.24) is 4.31 Å². The summed E-state index contributed by atoms with van der Waals surface area (Å²) in [5.41, 5.74) is 1.25. The lowest BCUT2D eigenvalue weighted by Gasteiger charge is -2.22. The quantitative estimate of drug-likeness (QED) is 0.800. The number of benzene rings is 1. The summed E-state index contributed by atoms with van der Waals surface area (Å²) in [6.07, 6.45) is 0. The third-order valence-corrected chi connectivity index (χ3v) is 5.24. The zero-order valence-corrected chi connectivity index (χ0v) is 12.6. The average molecular weight is 286 g/mol. The Morgan fingerprint density at radius 1 is 1.21 bits per heavy atom. The Bertz CT molecular complexity index is 517. The summed E-state index contributed by atoms with van der Waals surface area (Å²) < 4.78 is 31.4. The highest BCUT2D eigenvalue weighted by molar-refractivity contribution is 7.89. The van der Waals surface area contributed by atoms with Gasteiger partial charge in [0.2, 0.25) is 10.0 Å². The van der Waals surface area contributed by atoms with Gasteiger partial charge in [0.15, 0.2) is 0 Å². The van der Waals surface area contributed by atoms with E-state index in [1.807, 2.05) is 0 Å². The van der Waals surface area contributed by atoms with Crippen LogP contribution in [0.15, 0.2) is 17.0 Å². The molecule has 0 atom stereocenters. The predicted molar refractivity (Wildman–Crippen MR) is 72.5 cm³/mol. The van der Waals surface area contributed by atoms with Crippen molar-refractivity contribution in [2.24, 2.45) is 0 Å². The van der Waals surface area contributed by atoms with Crippen molar-refractivity contribution < 1.29 is 18.3 Å². The van der Waals surface area contributed by atoms with Crippen molar-refractivity contribution in [3.8, 4) is 5.75 Å². The molecule has 0 saturated carbocycles. The minimum absolute atomic E-state index is 0.0102. The van der Waals surface area contributed by atoms with Gasteiger partial charge < -0.3 is 4.74 Å². The van der Waals surface area contributed by atoms with Crippen LogP contribution in [0.25, 0.3) is 0 Å². The molecule has 0 N–H and O–H groups in total. The highest BCUT2D eigenvalue weighted by Crippen LogP contribution is 2.28. The third kappa shape index (κ3) is 3.26. The summed E-state index contributed by atoms with van der Waals surface area (Å²) in [5.74, 6) is 0.626. The summed E-state index contributed by atoms with van der Waals surface area (Å²) in [7, 11) is -2.08. The molecule has 1 aromatic rings. The molecule has 1 aromatic carbocycles. The van der Waals surface area contributed by atoms with E-state index in [-0.39, 0.29) is 18.0 Å². The maximum atomic E-state index is 12.5. The lowest BCUT2D eigenvalue weighted by Crippen LogP contribution is -2.34. The number of hydrogen-bond donors (Lipinski definition) is 0. The average Bonchev–Trinajstić information content (AvgIpc) is 2.34. The van der Waals surface area contributed by atoms with E-state index < -0.39 is 16.6 Å². The van der Waals surface area contributed by atoms with Crippen LogP contribution in [0.2, 0.25) is 0 Å². The molecule has 0 bridgehead atoms. The van der Waals surface area contributed by atoms with Crippen molar-refractivity contribution in [2.75, 3.05) is 26.8 Å². The number of ether oxygens (including phenoxy) is 1. The Balaban J connectivity index is 3.36. The second-order valence-corrected chi connectivity index (χ2v) is 6.17. The molecule has 107 valence electrons. The van der Waals surface area contributed by atoms with E-state index in [0.717, 1.165) is 0 Å². The van der Waals surface area contributed by atoms with Gasteiger partial charge in [0.25, 0.3) is 0 Å². The van der Waals surface area contributed by atoms with Gasteiger partial charge in [-0.05, 0) is 37.1 Å². The topological polar surface area (TPSA) is 66.5 Å². The molecule has 0 unspecified atom stereocenters. The van der Waals surface area contributed by atoms with Gasteiger partial charge in [0.1, 0.15) is 5.75 Å². The molecule has 0 aliphatic heterocycles. The first-order valence-electron chi connectivity index (χ1n) is 6.12. The van der Waals surface area contributed by atoms with Crippen LogP contribution in [0, 0.1) is 13.8 Å². The van der Waals surface area contributed by atoms with Gasteiger partial charge in [-0.15, -0.1) is 0 Å². The maximum Gasteiger partial charge on any atom is 0.243 e. The van der Waals surface area contributed by atoms with E-state index in [2.05, 4.69) is 0 Å². The molecule has 0 aliphatic carbocycles. The lowest BCUT2D eigenvalue weighted by molar-refractivity contribution is 0.173. The third-order valence-electron chi connectivity index (χ3n) is 2.96. The van der Waals surface area contributed by atoms with E-state index in [4.69, 9.17) is 4.74 Å². The van der Waals surface area contributed by atoms with Crippen LogP contribution in [-0.2, 0) is 15.1 Å². The number of methoxy groups -OCH3 is 1. The zero-order valence-electron chi connectivity index (χ0n) is 11.8. The summed E-state index contributed by atoms with van der Waals surface area (Å²) in [4.78, 5) is 0.267. The van der Waals surface area contributed by atoms with Gasteiger partial charge in [-0.2, -0.15) is 4.31 Å². The second-order valence-electron chi connectivity index (χ2n) is 4.29. The summed E-state index contributed by atoms with van der Waals surface area (Å²) in [6, 6.07) is 3.37. The Kier molecular flexibility index (Phi) is 5.34. The summed E-state index contributed by atoms with van der Waals surface area (Å²) >= 11 is 0. The van der Waals surface area contributed by atoms with E-state index in [9.17, 15) is 13.5 Å². The van der Waals surface area contributed by atoms with Gasteiger partial charge in [0, 0.05) is 13.1 Å². The molecule has 0 aromatic heterocycles. The molecule has 19 heavy (non-hydrogen) atoms. The van der Waals surface area contributed by atoms with Gasteiger partial charge >= 0.3 is 0 Å². The smallest absolute Gasteiger partial charge is 0.243 e. The Morgan fingerprint density at radius 2 is 1.74 bits per heavy atom. The van der Waals surface area contributed by atoms with Crippen molar-refractivity contribution in [3.05, 3.63) is 23.3 Å². The van der Waals surface area contributed by atoms with Crippen LogP contribution in [0.3, 0.4) is 0 Å². The molecule has 6 heteroatoms. The van der Waals surface area contributed by atoms with Crippen molar-refractivity contribution in [3.63, 3.8) is 0 Å². The SMILES string of the molecule is CCN(CC[O])S(=O)(=O)c1c(C)cc(OC)cc1C. The summed E-state index contributed by atoms with van der Waals surface area (Å²) in [6.45, 7) is 5.02. The normalized spacial score (nSPS) is 11.9. The van der Waals surface area contributed by atoms with Crippen LogP contribution < -0.4 is 4.74 Å². The molecule has 0 spiro atoms. The van der Waals surface area contributed by atoms with Crippen LogP contribution in [-0.4, -0.2) is 39.5 Å². The number of rotatable bonds is 6. The van der Waals surface area contributed by atoms with Gasteiger partial charge in [0.05, 0.1) is 18.6 Å². The number of sulfonamides is 1. The largest absolute Gasteiger partial charge is 0.497 e. The molecular weight excluding hydrogens is 266 g/mol. The molecule has 0 saturated heterocycles. The minimum atomic E-state index is -3.62. The molecule has 0 amide bonds. The molecule has 1 rings (SSSR count). The summed E-state index contributed by atoms with van der Waals surface area (Å²) in [5, 5.41) is 10.7. The Morgan fingerprint density at radius 3 is 2.11 bits per heavy atom. The number of hydrogen-bond acceptors (Lipinski definition) is 3. The molecule has 1 radical (unpaired) electrons.